The third-order valence-electron chi connectivity index (χ3n) is 7.23. The molecule has 3 rings (SSSR count). The van der Waals surface area contributed by atoms with Gasteiger partial charge in [-0.25, -0.2) is 4.79 Å². The van der Waals surface area contributed by atoms with Crippen molar-refractivity contribution in [1.29, 1.82) is 5.26 Å². The lowest BCUT2D eigenvalue weighted by atomic mass is 9.76. The van der Waals surface area contributed by atoms with Gasteiger partial charge < -0.3 is 29.7 Å². The fourth-order valence-electron chi connectivity index (χ4n) is 5.22. The first-order valence-electron chi connectivity index (χ1n) is 13.7. The van der Waals surface area contributed by atoms with Crippen LogP contribution >= 0.6 is 0 Å². The maximum atomic E-state index is 13.4. The summed E-state index contributed by atoms with van der Waals surface area (Å²) in [6.45, 7) is 10.0. The van der Waals surface area contributed by atoms with E-state index in [-0.39, 0.29) is 36.7 Å². The molecular formula is C28H41BN4O6. The fourth-order valence-corrected chi connectivity index (χ4v) is 5.22. The molecule has 0 unspecified atom stereocenters. The van der Waals surface area contributed by atoms with Crippen LogP contribution in [-0.4, -0.2) is 94.9 Å². The number of rotatable bonds is 8. The topological polar surface area (TPSA) is 135 Å². The summed E-state index contributed by atoms with van der Waals surface area (Å²) in [6, 6.07) is 11.3. The van der Waals surface area contributed by atoms with Crippen molar-refractivity contribution in [3.8, 4) is 6.07 Å². The Balaban J connectivity index is 1.64. The van der Waals surface area contributed by atoms with Gasteiger partial charge in [0.1, 0.15) is 17.7 Å². The first kappa shape index (κ1) is 30.6. The molecule has 2 aliphatic heterocycles. The molecule has 0 bridgehead atoms. The zero-order chi connectivity index (χ0) is 28.6. The minimum absolute atomic E-state index is 0.0524. The van der Waals surface area contributed by atoms with Crippen LogP contribution in [0.1, 0.15) is 52.5 Å². The number of nitrogens with one attached hydrogen (secondary N) is 1. The average molecular weight is 540 g/mol. The van der Waals surface area contributed by atoms with E-state index in [0.29, 0.717) is 26.1 Å². The summed E-state index contributed by atoms with van der Waals surface area (Å²) in [5.41, 5.74) is 0.359. The molecule has 3 N–H and O–H groups in total. The van der Waals surface area contributed by atoms with Crippen molar-refractivity contribution in [1.82, 2.24) is 15.1 Å². The number of hydrogen-bond acceptors (Lipinski definition) is 8. The van der Waals surface area contributed by atoms with Crippen molar-refractivity contribution in [2.45, 2.75) is 83.2 Å². The van der Waals surface area contributed by atoms with Gasteiger partial charge >= 0.3 is 13.2 Å². The fraction of sp³-hybridized carbons (Fsp3) is 0.607. The van der Waals surface area contributed by atoms with Gasteiger partial charge in [0.15, 0.2) is 0 Å². The standard InChI is InChI=1S/C28H41BN4O6/c1-20-17-33(18-21(2)38-20)28(3,4)15-23(16-30)26(34)32-13-9-8-12-24(19-32)39-27(35)31-25(29(36)37)14-22-10-6-5-7-11-22/h5-7,10-11,15,20-21,24-25,36-37H,8-9,12-14,17-19H2,1-4H3,(H,31,35)/b23-15+/t20-,21+,24-,25+/m1/s1. The third-order valence-corrected chi connectivity index (χ3v) is 7.23. The van der Waals surface area contributed by atoms with Crippen molar-refractivity contribution in [2.24, 2.45) is 0 Å². The molecule has 2 fully saturated rings. The molecule has 2 heterocycles. The summed E-state index contributed by atoms with van der Waals surface area (Å²) in [4.78, 5) is 29.9. The predicted octanol–water partition coefficient (Wildman–Crippen LogP) is 2.05. The number of nitrogens with zero attached hydrogens (tertiary/aromatic N) is 3. The molecule has 0 aliphatic carbocycles. The van der Waals surface area contributed by atoms with E-state index in [9.17, 15) is 24.9 Å². The van der Waals surface area contributed by atoms with E-state index in [1.807, 2.05) is 58.0 Å². The highest BCUT2D eigenvalue weighted by atomic mass is 16.6. The number of ether oxygens (including phenoxy) is 2. The molecule has 4 atom stereocenters. The maximum absolute atomic E-state index is 13.4. The van der Waals surface area contributed by atoms with Crippen LogP contribution in [0.15, 0.2) is 42.0 Å². The lowest BCUT2D eigenvalue weighted by molar-refractivity contribution is -0.128. The molecule has 0 saturated carbocycles. The number of hydrogen-bond donors (Lipinski definition) is 3. The lowest BCUT2D eigenvalue weighted by Gasteiger charge is -2.43. The number of morpholine rings is 1. The Morgan fingerprint density at radius 3 is 2.49 bits per heavy atom. The molecule has 0 aromatic heterocycles. The zero-order valence-corrected chi connectivity index (χ0v) is 23.4. The predicted molar refractivity (Wildman–Crippen MR) is 147 cm³/mol. The van der Waals surface area contributed by atoms with Crippen LogP contribution < -0.4 is 5.32 Å². The summed E-state index contributed by atoms with van der Waals surface area (Å²) in [7, 11) is -1.77. The maximum Gasteiger partial charge on any atom is 0.475 e. The summed E-state index contributed by atoms with van der Waals surface area (Å²) in [5, 5.41) is 32.0. The van der Waals surface area contributed by atoms with Crippen LogP contribution in [0.25, 0.3) is 0 Å². The molecule has 1 aromatic rings. The second kappa shape index (κ2) is 13.9. The Labute approximate surface area is 231 Å². The molecular weight excluding hydrogens is 499 g/mol. The Hall–Kier alpha value is -2.91. The van der Waals surface area contributed by atoms with E-state index in [1.54, 1.807) is 11.0 Å². The molecule has 2 amide bonds. The van der Waals surface area contributed by atoms with Gasteiger partial charge in [-0.3, -0.25) is 9.69 Å². The van der Waals surface area contributed by atoms with Crippen molar-refractivity contribution in [3.63, 3.8) is 0 Å². The zero-order valence-electron chi connectivity index (χ0n) is 23.4. The van der Waals surface area contributed by atoms with Crippen LogP contribution in [0.4, 0.5) is 4.79 Å². The van der Waals surface area contributed by atoms with E-state index in [0.717, 1.165) is 18.4 Å². The monoisotopic (exact) mass is 540 g/mol. The number of likely N-dealkylation sites (tertiary alicyclic amines) is 1. The second-order valence-electron chi connectivity index (χ2n) is 11.1. The van der Waals surface area contributed by atoms with Gasteiger partial charge in [-0.2, -0.15) is 5.26 Å². The molecule has 1 aromatic carbocycles. The first-order valence-corrected chi connectivity index (χ1v) is 13.7. The van der Waals surface area contributed by atoms with Gasteiger partial charge in [0.05, 0.1) is 24.7 Å². The molecule has 212 valence electrons. The minimum Gasteiger partial charge on any atom is -0.444 e. The van der Waals surface area contributed by atoms with Gasteiger partial charge in [0.25, 0.3) is 5.91 Å². The van der Waals surface area contributed by atoms with Gasteiger partial charge in [-0.1, -0.05) is 30.3 Å². The molecule has 0 spiro atoms. The van der Waals surface area contributed by atoms with E-state index in [2.05, 4.69) is 16.3 Å². The van der Waals surface area contributed by atoms with Gasteiger partial charge in [0.2, 0.25) is 0 Å². The summed E-state index contributed by atoms with van der Waals surface area (Å²) in [5.74, 6) is -1.34. The molecule has 10 nitrogen and oxygen atoms in total. The van der Waals surface area contributed by atoms with Crippen molar-refractivity contribution in [2.75, 3.05) is 26.2 Å². The molecule has 2 saturated heterocycles. The highest BCUT2D eigenvalue weighted by Crippen LogP contribution is 2.25. The van der Waals surface area contributed by atoms with E-state index in [4.69, 9.17) is 9.47 Å². The van der Waals surface area contributed by atoms with Crippen molar-refractivity contribution >= 4 is 19.1 Å². The van der Waals surface area contributed by atoms with Crippen LogP contribution in [0.3, 0.4) is 0 Å². The van der Waals surface area contributed by atoms with Gasteiger partial charge in [-0.15, -0.1) is 0 Å². The number of carbonyl (C=O) groups is 2. The van der Waals surface area contributed by atoms with Crippen LogP contribution in [-0.2, 0) is 20.7 Å². The van der Waals surface area contributed by atoms with E-state index < -0.39 is 30.8 Å². The first-order chi connectivity index (χ1) is 18.5. The summed E-state index contributed by atoms with van der Waals surface area (Å²) < 4.78 is 11.4. The van der Waals surface area contributed by atoms with Gasteiger partial charge in [-0.05, 0) is 65.0 Å². The number of alkyl carbamates (subject to hydrolysis) is 1. The highest BCUT2D eigenvalue weighted by Gasteiger charge is 2.34. The molecule has 39 heavy (non-hydrogen) atoms. The number of nitriles is 1. The quantitative estimate of drug-likeness (QED) is 0.259. The van der Waals surface area contributed by atoms with E-state index >= 15 is 0 Å². The van der Waals surface area contributed by atoms with Crippen LogP contribution in [0, 0.1) is 11.3 Å². The van der Waals surface area contributed by atoms with Crippen LogP contribution in [0.2, 0.25) is 0 Å². The average Bonchev–Trinajstić information content (AvgIpc) is 3.12. The molecule has 11 heteroatoms. The van der Waals surface area contributed by atoms with Crippen LogP contribution in [0.5, 0.6) is 0 Å². The van der Waals surface area contributed by atoms with E-state index in [1.165, 1.54) is 0 Å². The summed E-state index contributed by atoms with van der Waals surface area (Å²) >= 11 is 0. The van der Waals surface area contributed by atoms with Crippen molar-refractivity contribution in [3.05, 3.63) is 47.5 Å². The van der Waals surface area contributed by atoms with Gasteiger partial charge in [0, 0.05) is 25.2 Å². The highest BCUT2D eigenvalue weighted by molar-refractivity contribution is 6.43. The Morgan fingerprint density at radius 1 is 1.21 bits per heavy atom. The third kappa shape index (κ3) is 9.07. The number of carbonyl (C=O) groups excluding carboxylic acids is 2. The normalized spacial score (nSPS) is 23.8. The smallest absolute Gasteiger partial charge is 0.444 e. The Bertz CT molecular complexity index is 1030. The largest absolute Gasteiger partial charge is 0.475 e. The number of benzene rings is 1. The number of amides is 2. The summed E-state index contributed by atoms with van der Waals surface area (Å²) in [6.07, 6.45) is 2.71. The molecule has 0 radical (unpaired) electrons. The van der Waals surface area contributed by atoms with Crippen molar-refractivity contribution < 1.29 is 29.1 Å². The SMILES string of the molecule is C[C@@H]1CN(C(C)(C)/C=C(\C#N)C(=O)N2CCCC[C@@H](OC(=O)N[C@@H](Cc3ccccc3)B(O)O)C2)C[C@H](C)O1. The molecule has 2 aliphatic rings. The second-order valence-corrected chi connectivity index (χ2v) is 11.1. The Kier molecular flexibility index (Phi) is 11.0. The Morgan fingerprint density at radius 2 is 1.87 bits per heavy atom. The lowest BCUT2D eigenvalue weighted by Crippen LogP contribution is -2.54. The minimum atomic E-state index is -1.77.